The molecule has 0 saturated heterocycles. The van der Waals surface area contributed by atoms with E-state index in [0.29, 0.717) is 6.54 Å². The first-order chi connectivity index (χ1) is 11.3. The maximum Gasteiger partial charge on any atom is 0.0994 e. The third kappa shape index (κ3) is 3.66. The third-order valence-corrected chi connectivity index (χ3v) is 4.19. The zero-order valence-electron chi connectivity index (χ0n) is 13.4. The largest absolute Gasteiger partial charge is 0.325 e. The van der Waals surface area contributed by atoms with E-state index in [4.69, 9.17) is 5.73 Å². The number of hydrogen-bond acceptors (Lipinski definition) is 3. The summed E-state index contributed by atoms with van der Waals surface area (Å²) in [5, 5.41) is 8.58. The Hall–Kier alpha value is -2.46. The molecule has 2 N–H and O–H groups in total. The number of aryl methyl sites for hydroxylation is 2. The van der Waals surface area contributed by atoms with Crippen LogP contribution in [0.5, 0.6) is 0 Å². The minimum Gasteiger partial charge on any atom is -0.325 e. The van der Waals surface area contributed by atoms with Crippen molar-refractivity contribution in [2.75, 3.05) is 0 Å². The average molecular weight is 306 g/mol. The SMILES string of the molecule is Cc1ccccc1Cn1nnc(CN)c1CCc1ccccc1. The van der Waals surface area contributed by atoms with Gasteiger partial charge in [-0.25, -0.2) is 4.68 Å². The number of rotatable bonds is 6. The molecule has 3 aromatic rings. The Balaban J connectivity index is 1.81. The van der Waals surface area contributed by atoms with Gasteiger partial charge in [0.1, 0.15) is 0 Å². The van der Waals surface area contributed by atoms with Gasteiger partial charge in [-0.1, -0.05) is 59.8 Å². The second-order valence-corrected chi connectivity index (χ2v) is 5.76. The molecule has 3 rings (SSSR count). The highest BCUT2D eigenvalue weighted by molar-refractivity contribution is 5.26. The Bertz CT molecular complexity index is 762. The van der Waals surface area contributed by atoms with E-state index in [1.54, 1.807) is 0 Å². The minimum absolute atomic E-state index is 0.428. The fraction of sp³-hybridized carbons (Fsp3) is 0.263. The molecule has 0 unspecified atom stereocenters. The van der Waals surface area contributed by atoms with Crippen molar-refractivity contribution in [3.8, 4) is 0 Å². The van der Waals surface area contributed by atoms with Crippen LogP contribution >= 0.6 is 0 Å². The van der Waals surface area contributed by atoms with Crippen molar-refractivity contribution in [3.05, 3.63) is 82.7 Å². The smallest absolute Gasteiger partial charge is 0.0994 e. The lowest BCUT2D eigenvalue weighted by Gasteiger charge is -2.10. The fourth-order valence-corrected chi connectivity index (χ4v) is 2.78. The Morgan fingerprint density at radius 2 is 1.70 bits per heavy atom. The van der Waals surface area contributed by atoms with E-state index in [1.165, 1.54) is 16.7 Å². The minimum atomic E-state index is 0.428. The molecule has 4 heteroatoms. The molecular weight excluding hydrogens is 284 g/mol. The summed E-state index contributed by atoms with van der Waals surface area (Å²) in [7, 11) is 0. The van der Waals surface area contributed by atoms with Crippen LogP contribution in [0.25, 0.3) is 0 Å². The van der Waals surface area contributed by atoms with Crippen LogP contribution in [-0.2, 0) is 25.9 Å². The van der Waals surface area contributed by atoms with E-state index in [-0.39, 0.29) is 0 Å². The van der Waals surface area contributed by atoms with Crippen LogP contribution in [0.1, 0.15) is 28.1 Å². The fourth-order valence-electron chi connectivity index (χ4n) is 2.78. The van der Waals surface area contributed by atoms with Crippen molar-refractivity contribution >= 4 is 0 Å². The molecule has 0 saturated carbocycles. The molecule has 4 nitrogen and oxygen atoms in total. The first-order valence-corrected chi connectivity index (χ1v) is 7.97. The summed E-state index contributed by atoms with van der Waals surface area (Å²) in [4.78, 5) is 0. The topological polar surface area (TPSA) is 56.7 Å². The predicted molar refractivity (Wildman–Crippen MR) is 92.0 cm³/mol. The molecule has 118 valence electrons. The van der Waals surface area contributed by atoms with Gasteiger partial charge in [0.25, 0.3) is 0 Å². The highest BCUT2D eigenvalue weighted by Gasteiger charge is 2.12. The summed E-state index contributed by atoms with van der Waals surface area (Å²) in [5.74, 6) is 0. The molecule has 0 spiro atoms. The van der Waals surface area contributed by atoms with E-state index in [9.17, 15) is 0 Å². The second-order valence-electron chi connectivity index (χ2n) is 5.76. The van der Waals surface area contributed by atoms with Gasteiger partial charge in [-0.05, 0) is 36.5 Å². The number of aromatic nitrogens is 3. The van der Waals surface area contributed by atoms with E-state index in [0.717, 1.165) is 30.8 Å². The van der Waals surface area contributed by atoms with Gasteiger partial charge in [0.05, 0.1) is 17.9 Å². The van der Waals surface area contributed by atoms with Crippen molar-refractivity contribution in [1.82, 2.24) is 15.0 Å². The number of nitrogens with zero attached hydrogens (tertiary/aromatic N) is 3. The first-order valence-electron chi connectivity index (χ1n) is 7.97. The molecule has 2 aromatic carbocycles. The monoisotopic (exact) mass is 306 g/mol. The molecule has 0 aliphatic heterocycles. The summed E-state index contributed by atoms with van der Waals surface area (Å²) >= 11 is 0. The van der Waals surface area contributed by atoms with Crippen LogP contribution in [0.4, 0.5) is 0 Å². The molecule has 0 amide bonds. The van der Waals surface area contributed by atoms with Crippen molar-refractivity contribution in [2.45, 2.75) is 32.9 Å². The van der Waals surface area contributed by atoms with Gasteiger partial charge in [0.15, 0.2) is 0 Å². The summed E-state index contributed by atoms with van der Waals surface area (Å²) in [6.07, 6.45) is 1.87. The zero-order valence-corrected chi connectivity index (χ0v) is 13.4. The normalized spacial score (nSPS) is 10.9. The van der Waals surface area contributed by atoms with Crippen LogP contribution in [-0.4, -0.2) is 15.0 Å². The van der Waals surface area contributed by atoms with Crippen LogP contribution in [0, 0.1) is 6.92 Å². The second kappa shape index (κ2) is 7.20. The molecule has 1 heterocycles. The van der Waals surface area contributed by atoms with Crippen LogP contribution in [0.2, 0.25) is 0 Å². The molecule has 0 atom stereocenters. The molecule has 23 heavy (non-hydrogen) atoms. The van der Waals surface area contributed by atoms with E-state index in [2.05, 4.69) is 65.8 Å². The molecular formula is C19H22N4. The maximum absolute atomic E-state index is 5.84. The first kappa shape index (κ1) is 15.4. The molecule has 0 bridgehead atoms. The van der Waals surface area contributed by atoms with E-state index >= 15 is 0 Å². The van der Waals surface area contributed by atoms with Crippen molar-refractivity contribution in [2.24, 2.45) is 5.73 Å². The van der Waals surface area contributed by atoms with Crippen molar-refractivity contribution in [1.29, 1.82) is 0 Å². The molecule has 0 fully saturated rings. The van der Waals surface area contributed by atoms with Crippen LogP contribution < -0.4 is 5.73 Å². The summed E-state index contributed by atoms with van der Waals surface area (Å²) < 4.78 is 1.99. The van der Waals surface area contributed by atoms with Gasteiger partial charge in [-0.15, -0.1) is 5.10 Å². The Morgan fingerprint density at radius 1 is 0.957 bits per heavy atom. The van der Waals surface area contributed by atoms with E-state index < -0.39 is 0 Å². The van der Waals surface area contributed by atoms with Crippen molar-refractivity contribution in [3.63, 3.8) is 0 Å². The van der Waals surface area contributed by atoms with E-state index in [1.807, 2.05) is 10.7 Å². The van der Waals surface area contributed by atoms with Crippen LogP contribution in [0.15, 0.2) is 54.6 Å². The number of hydrogen-bond donors (Lipinski definition) is 1. The Kier molecular flexibility index (Phi) is 4.83. The highest BCUT2D eigenvalue weighted by Crippen LogP contribution is 2.14. The Labute approximate surface area is 137 Å². The lowest BCUT2D eigenvalue weighted by atomic mass is 10.1. The zero-order chi connectivity index (χ0) is 16.1. The number of benzene rings is 2. The summed E-state index contributed by atoms with van der Waals surface area (Å²) in [6.45, 7) is 3.29. The third-order valence-electron chi connectivity index (χ3n) is 4.19. The lowest BCUT2D eigenvalue weighted by molar-refractivity contribution is 0.614. The van der Waals surface area contributed by atoms with Gasteiger partial charge in [-0.2, -0.15) is 0 Å². The molecule has 0 radical (unpaired) electrons. The van der Waals surface area contributed by atoms with Crippen LogP contribution in [0.3, 0.4) is 0 Å². The number of nitrogens with two attached hydrogens (primary N) is 1. The molecule has 0 aliphatic rings. The molecule has 0 aliphatic carbocycles. The standard InChI is InChI=1S/C19H22N4/c1-15-7-5-6-10-17(15)14-23-19(18(13-20)21-22-23)12-11-16-8-3-2-4-9-16/h2-10H,11-14,20H2,1H3. The summed E-state index contributed by atoms with van der Waals surface area (Å²) in [5.41, 5.74) is 11.7. The predicted octanol–water partition coefficient (Wildman–Crippen LogP) is 2.88. The molecule has 1 aromatic heterocycles. The van der Waals surface area contributed by atoms with Gasteiger partial charge >= 0.3 is 0 Å². The van der Waals surface area contributed by atoms with Gasteiger partial charge < -0.3 is 5.73 Å². The van der Waals surface area contributed by atoms with Gasteiger partial charge in [0, 0.05) is 6.54 Å². The average Bonchev–Trinajstić information content (AvgIpc) is 2.98. The maximum atomic E-state index is 5.84. The van der Waals surface area contributed by atoms with Crippen molar-refractivity contribution < 1.29 is 0 Å². The van der Waals surface area contributed by atoms with Gasteiger partial charge in [0.2, 0.25) is 0 Å². The lowest BCUT2D eigenvalue weighted by Crippen LogP contribution is -2.10. The summed E-state index contributed by atoms with van der Waals surface area (Å²) in [6, 6.07) is 18.9. The van der Waals surface area contributed by atoms with Gasteiger partial charge in [-0.3, -0.25) is 0 Å². The Morgan fingerprint density at radius 3 is 2.43 bits per heavy atom. The quantitative estimate of drug-likeness (QED) is 0.762. The highest BCUT2D eigenvalue weighted by atomic mass is 15.4.